The van der Waals surface area contributed by atoms with Crippen molar-refractivity contribution in [3.63, 3.8) is 0 Å². The number of carboxylic acid groups (broad SMARTS) is 1. The maximum absolute atomic E-state index is 12.1. The van der Waals surface area contributed by atoms with Gasteiger partial charge in [-0.05, 0) is 25.5 Å². The summed E-state index contributed by atoms with van der Waals surface area (Å²) in [6.45, 7) is 1.80. The van der Waals surface area contributed by atoms with E-state index < -0.39 is 5.97 Å². The Morgan fingerprint density at radius 3 is 2.67 bits per heavy atom. The monoisotopic (exact) mass is 267 g/mol. The number of rotatable bonds is 3. The normalized spacial score (nSPS) is 10.1. The van der Waals surface area contributed by atoms with E-state index in [1.54, 1.807) is 19.1 Å². The van der Waals surface area contributed by atoms with Crippen LogP contribution in [0.3, 0.4) is 0 Å². The van der Waals surface area contributed by atoms with Crippen molar-refractivity contribution in [1.29, 1.82) is 0 Å². The minimum absolute atomic E-state index is 0. The molecule has 5 heteroatoms. The maximum atomic E-state index is 12.1. The second-order valence-electron chi connectivity index (χ2n) is 4.00. The summed E-state index contributed by atoms with van der Waals surface area (Å²) in [7, 11) is 0. The zero-order valence-electron chi connectivity index (χ0n) is 9.90. The second kappa shape index (κ2) is 5.69. The lowest BCUT2D eigenvalue weighted by Gasteiger charge is -2.06. The van der Waals surface area contributed by atoms with Crippen molar-refractivity contribution in [3.05, 3.63) is 45.7 Å². The Balaban J connectivity index is 0.00000162. The first kappa shape index (κ1) is 14.3. The zero-order chi connectivity index (χ0) is 12.4. The Hall–Kier alpha value is -1.81. The van der Waals surface area contributed by atoms with E-state index in [2.05, 4.69) is 4.98 Å². The molecule has 0 spiro atoms. The third kappa shape index (κ3) is 2.71. The third-order valence-corrected chi connectivity index (χ3v) is 2.81. The lowest BCUT2D eigenvalue weighted by molar-refractivity contribution is -0.136. The molecule has 1 heterocycles. The molecule has 0 bridgehead atoms. The predicted octanol–water partition coefficient (Wildman–Crippen LogP) is 2.28. The van der Waals surface area contributed by atoms with Gasteiger partial charge in [-0.25, -0.2) is 0 Å². The Morgan fingerprint density at radius 1 is 1.33 bits per heavy atom. The lowest BCUT2D eigenvalue weighted by Crippen LogP contribution is -2.14. The van der Waals surface area contributed by atoms with Gasteiger partial charge in [0.25, 0.3) is 0 Å². The zero-order valence-corrected chi connectivity index (χ0v) is 10.7. The molecule has 0 unspecified atom stereocenters. The van der Waals surface area contributed by atoms with Crippen LogP contribution < -0.4 is 5.43 Å². The number of aromatic amines is 1. The number of para-hydroxylation sites is 1. The van der Waals surface area contributed by atoms with Crippen LogP contribution in [0.4, 0.5) is 0 Å². The fourth-order valence-electron chi connectivity index (χ4n) is 1.93. The molecule has 0 aliphatic carbocycles. The van der Waals surface area contributed by atoms with Gasteiger partial charge in [-0.15, -0.1) is 12.4 Å². The fraction of sp³-hybridized carbons (Fsp3) is 0.231. The molecule has 0 fully saturated rings. The molecule has 0 aliphatic rings. The summed E-state index contributed by atoms with van der Waals surface area (Å²) in [5, 5.41) is 9.27. The Kier molecular flexibility index (Phi) is 4.50. The minimum Gasteiger partial charge on any atom is -0.481 e. The summed E-state index contributed by atoms with van der Waals surface area (Å²) >= 11 is 0. The molecule has 0 atom stereocenters. The van der Waals surface area contributed by atoms with Crippen LogP contribution in [0.15, 0.2) is 29.1 Å². The highest BCUT2D eigenvalue weighted by molar-refractivity contribution is 5.85. The van der Waals surface area contributed by atoms with E-state index in [-0.39, 0.29) is 30.7 Å². The smallest absolute Gasteiger partial charge is 0.303 e. The molecule has 1 aromatic heterocycles. The number of aliphatic carboxylic acids is 1. The molecule has 2 aromatic rings. The molecular weight excluding hydrogens is 254 g/mol. The summed E-state index contributed by atoms with van der Waals surface area (Å²) in [4.78, 5) is 25.8. The number of carboxylic acids is 1. The molecule has 0 saturated heterocycles. The van der Waals surface area contributed by atoms with Crippen molar-refractivity contribution in [2.45, 2.75) is 19.8 Å². The lowest BCUT2D eigenvalue weighted by atomic mass is 10.0. The molecule has 1 aromatic carbocycles. The number of benzene rings is 1. The van der Waals surface area contributed by atoms with Gasteiger partial charge in [-0.3, -0.25) is 9.59 Å². The van der Waals surface area contributed by atoms with Crippen LogP contribution in [0.25, 0.3) is 10.9 Å². The summed E-state index contributed by atoms with van der Waals surface area (Å²) in [5.74, 6) is -0.892. The molecule has 18 heavy (non-hydrogen) atoms. The molecule has 4 nitrogen and oxygen atoms in total. The standard InChI is InChI=1S/C13H13NO3.ClH/c1-8-9(6-7-12(15)16)13(17)10-4-2-3-5-11(10)14-8;/h2-5H,6-7H2,1H3,(H,14,17)(H,15,16);1H. The van der Waals surface area contributed by atoms with Crippen LogP contribution in [-0.4, -0.2) is 16.1 Å². The van der Waals surface area contributed by atoms with Gasteiger partial charge in [0.15, 0.2) is 5.43 Å². The fourth-order valence-corrected chi connectivity index (χ4v) is 1.93. The van der Waals surface area contributed by atoms with Crippen LogP contribution >= 0.6 is 12.4 Å². The van der Waals surface area contributed by atoms with Gasteiger partial charge in [0.2, 0.25) is 0 Å². The summed E-state index contributed by atoms with van der Waals surface area (Å²) < 4.78 is 0. The van der Waals surface area contributed by atoms with E-state index in [0.717, 1.165) is 11.2 Å². The predicted molar refractivity (Wildman–Crippen MR) is 72.5 cm³/mol. The van der Waals surface area contributed by atoms with Crippen LogP contribution in [0.1, 0.15) is 17.7 Å². The van der Waals surface area contributed by atoms with Crippen LogP contribution in [0.2, 0.25) is 0 Å². The number of halogens is 1. The van der Waals surface area contributed by atoms with Crippen molar-refractivity contribution in [1.82, 2.24) is 4.98 Å². The van der Waals surface area contributed by atoms with E-state index in [0.29, 0.717) is 10.9 Å². The van der Waals surface area contributed by atoms with Gasteiger partial charge in [0.05, 0.1) is 0 Å². The molecular formula is C13H14ClNO3. The van der Waals surface area contributed by atoms with Crippen molar-refractivity contribution in [3.8, 4) is 0 Å². The number of nitrogens with one attached hydrogen (secondary N) is 1. The maximum Gasteiger partial charge on any atom is 0.303 e. The largest absolute Gasteiger partial charge is 0.481 e. The van der Waals surface area contributed by atoms with Crippen molar-refractivity contribution in [2.24, 2.45) is 0 Å². The van der Waals surface area contributed by atoms with Gasteiger partial charge in [-0.2, -0.15) is 0 Å². The average Bonchev–Trinajstić information content (AvgIpc) is 2.28. The molecule has 0 amide bonds. The van der Waals surface area contributed by atoms with Crippen molar-refractivity contribution < 1.29 is 9.90 Å². The van der Waals surface area contributed by atoms with E-state index in [1.807, 2.05) is 12.1 Å². The van der Waals surface area contributed by atoms with Gasteiger partial charge >= 0.3 is 5.97 Å². The average molecular weight is 268 g/mol. The van der Waals surface area contributed by atoms with E-state index in [9.17, 15) is 9.59 Å². The SMILES string of the molecule is Cc1[nH]c2ccccc2c(=O)c1CCC(=O)O.Cl. The second-order valence-corrected chi connectivity index (χ2v) is 4.00. The Morgan fingerprint density at radius 2 is 2.00 bits per heavy atom. The first-order valence-electron chi connectivity index (χ1n) is 5.42. The first-order valence-corrected chi connectivity index (χ1v) is 5.42. The molecule has 0 saturated carbocycles. The molecule has 96 valence electrons. The van der Waals surface area contributed by atoms with Gasteiger partial charge < -0.3 is 10.1 Å². The summed E-state index contributed by atoms with van der Waals surface area (Å²) in [6.07, 6.45) is 0.240. The quantitative estimate of drug-likeness (QED) is 0.896. The third-order valence-electron chi connectivity index (χ3n) is 2.81. The van der Waals surface area contributed by atoms with Crippen molar-refractivity contribution >= 4 is 29.3 Å². The summed E-state index contributed by atoms with van der Waals surface area (Å²) in [6, 6.07) is 7.24. The number of hydrogen-bond acceptors (Lipinski definition) is 2. The van der Waals surface area contributed by atoms with Crippen LogP contribution in [0, 0.1) is 6.92 Å². The Labute approximate surface area is 110 Å². The number of aryl methyl sites for hydroxylation is 1. The topological polar surface area (TPSA) is 70.2 Å². The first-order chi connectivity index (χ1) is 8.09. The molecule has 2 rings (SSSR count). The van der Waals surface area contributed by atoms with Crippen LogP contribution in [-0.2, 0) is 11.2 Å². The van der Waals surface area contributed by atoms with Gasteiger partial charge in [0, 0.05) is 28.6 Å². The van der Waals surface area contributed by atoms with Crippen molar-refractivity contribution in [2.75, 3.05) is 0 Å². The molecule has 2 N–H and O–H groups in total. The highest BCUT2D eigenvalue weighted by Crippen LogP contribution is 2.11. The minimum atomic E-state index is -0.892. The number of pyridine rings is 1. The van der Waals surface area contributed by atoms with E-state index in [4.69, 9.17) is 5.11 Å². The number of aromatic nitrogens is 1. The van der Waals surface area contributed by atoms with E-state index in [1.165, 1.54) is 0 Å². The van der Waals surface area contributed by atoms with Gasteiger partial charge in [-0.1, -0.05) is 12.1 Å². The number of carbonyl (C=O) groups is 1. The molecule has 0 radical (unpaired) electrons. The van der Waals surface area contributed by atoms with Gasteiger partial charge in [0.1, 0.15) is 0 Å². The summed E-state index contributed by atoms with van der Waals surface area (Å²) in [5.41, 5.74) is 2.02. The van der Waals surface area contributed by atoms with Crippen LogP contribution in [0.5, 0.6) is 0 Å². The van der Waals surface area contributed by atoms with E-state index >= 15 is 0 Å². The number of fused-ring (bicyclic) bond motifs is 1. The number of hydrogen-bond donors (Lipinski definition) is 2. The Bertz CT molecular complexity index is 634. The molecule has 0 aliphatic heterocycles. The highest BCUT2D eigenvalue weighted by atomic mass is 35.5. The number of H-pyrrole nitrogens is 1. The highest BCUT2D eigenvalue weighted by Gasteiger charge is 2.10.